The molecule has 3 amide bonds. The summed E-state index contributed by atoms with van der Waals surface area (Å²) in [5.41, 5.74) is 1.80. The summed E-state index contributed by atoms with van der Waals surface area (Å²) < 4.78 is 0.654. The zero-order chi connectivity index (χ0) is 20.0. The minimum atomic E-state index is -0.505. The van der Waals surface area contributed by atoms with Gasteiger partial charge < -0.3 is 10.6 Å². The fourth-order valence-electron chi connectivity index (χ4n) is 2.05. The molecule has 2 rings (SSSR count). The van der Waals surface area contributed by atoms with Crippen LogP contribution in [0.1, 0.15) is 40.2 Å². The number of aryl methyl sites for hydroxylation is 1. The number of thioether (sulfide) groups is 1. The number of hydrogen-bond donors (Lipinski definition) is 3. The van der Waals surface area contributed by atoms with E-state index in [4.69, 9.17) is 0 Å². The van der Waals surface area contributed by atoms with Gasteiger partial charge in [0, 0.05) is 11.2 Å². The highest BCUT2D eigenvalue weighted by Crippen LogP contribution is 2.30. The number of rotatable bonds is 6. The minimum absolute atomic E-state index is 0.374. The van der Waals surface area contributed by atoms with E-state index in [0.29, 0.717) is 9.47 Å². The minimum Gasteiger partial charge on any atom is -0.333 e. The molecule has 0 aliphatic carbocycles. The molecule has 0 aliphatic rings. The van der Waals surface area contributed by atoms with Gasteiger partial charge in [-0.05, 0) is 51.8 Å². The molecule has 0 bridgehead atoms. The van der Waals surface area contributed by atoms with Gasteiger partial charge in [0.05, 0.1) is 5.25 Å². The van der Waals surface area contributed by atoms with Crippen LogP contribution >= 0.6 is 23.1 Å². The van der Waals surface area contributed by atoms with Crippen molar-refractivity contribution in [3.8, 4) is 0 Å². The normalized spacial score (nSPS) is 12.3. The van der Waals surface area contributed by atoms with Crippen molar-refractivity contribution in [2.24, 2.45) is 0 Å². The van der Waals surface area contributed by atoms with E-state index < -0.39 is 16.8 Å². The van der Waals surface area contributed by atoms with Crippen LogP contribution in [0.4, 0.5) is 15.6 Å². The Morgan fingerprint density at radius 1 is 1.19 bits per heavy atom. The summed E-state index contributed by atoms with van der Waals surface area (Å²) in [5, 5.41) is 16.6. The van der Waals surface area contributed by atoms with E-state index in [9.17, 15) is 9.59 Å². The molecule has 0 aliphatic heterocycles. The van der Waals surface area contributed by atoms with Crippen molar-refractivity contribution in [1.29, 1.82) is 0 Å². The average Bonchev–Trinajstić information content (AvgIpc) is 3.00. The summed E-state index contributed by atoms with van der Waals surface area (Å²) in [7, 11) is 0. The molecule has 0 saturated carbocycles. The standard InChI is InChI=1S/C18H25N5O2S2/c1-6-12-7-9-13(10-8-12)19-16-22-23-17(27-16)26-11(2)14(24)20-15(25)21-18(3,4)5/h7-11H,6H2,1-5H3,(H,19,22)(H2,20,21,24,25)/t11-/m1/s1. The second-order valence-corrected chi connectivity index (χ2v) is 9.57. The average molecular weight is 408 g/mol. The molecule has 0 radical (unpaired) electrons. The van der Waals surface area contributed by atoms with Crippen LogP contribution in [-0.4, -0.2) is 32.9 Å². The molecule has 1 atom stereocenters. The van der Waals surface area contributed by atoms with Gasteiger partial charge in [-0.2, -0.15) is 0 Å². The highest BCUT2D eigenvalue weighted by atomic mass is 32.2. The molecule has 146 valence electrons. The van der Waals surface area contributed by atoms with Crippen LogP contribution in [0.5, 0.6) is 0 Å². The molecule has 0 fully saturated rings. The van der Waals surface area contributed by atoms with Crippen molar-refractivity contribution in [2.45, 2.75) is 56.2 Å². The van der Waals surface area contributed by atoms with Crippen LogP contribution in [-0.2, 0) is 11.2 Å². The predicted octanol–water partition coefficient (Wildman–Crippen LogP) is 3.95. The van der Waals surface area contributed by atoms with Crippen LogP contribution in [0.25, 0.3) is 0 Å². The van der Waals surface area contributed by atoms with Crippen LogP contribution < -0.4 is 16.0 Å². The van der Waals surface area contributed by atoms with Gasteiger partial charge in [0.25, 0.3) is 0 Å². The largest absolute Gasteiger partial charge is 0.333 e. The molecule has 0 spiro atoms. The van der Waals surface area contributed by atoms with Crippen LogP contribution in [0, 0.1) is 0 Å². The first-order valence-electron chi connectivity index (χ1n) is 8.65. The Balaban J connectivity index is 1.88. The van der Waals surface area contributed by atoms with Gasteiger partial charge in [-0.1, -0.05) is 42.2 Å². The first kappa shape index (κ1) is 21.2. The molecule has 27 heavy (non-hydrogen) atoms. The van der Waals surface area contributed by atoms with Gasteiger partial charge in [-0.15, -0.1) is 10.2 Å². The van der Waals surface area contributed by atoms with Gasteiger partial charge in [-0.25, -0.2) is 4.79 Å². The highest BCUT2D eigenvalue weighted by molar-refractivity contribution is 8.02. The Kier molecular flexibility index (Phi) is 7.20. The van der Waals surface area contributed by atoms with Crippen molar-refractivity contribution in [2.75, 3.05) is 5.32 Å². The van der Waals surface area contributed by atoms with Crippen LogP contribution in [0.3, 0.4) is 0 Å². The molecule has 2 aromatic rings. The first-order valence-corrected chi connectivity index (χ1v) is 10.3. The summed E-state index contributed by atoms with van der Waals surface area (Å²) in [6, 6.07) is 7.62. The molecule has 0 unspecified atom stereocenters. The molecular weight excluding hydrogens is 382 g/mol. The van der Waals surface area contributed by atoms with E-state index in [1.54, 1.807) is 6.92 Å². The van der Waals surface area contributed by atoms with Gasteiger partial charge in [0.2, 0.25) is 11.0 Å². The molecule has 7 nitrogen and oxygen atoms in total. The predicted molar refractivity (Wildman–Crippen MR) is 111 cm³/mol. The summed E-state index contributed by atoms with van der Waals surface area (Å²) in [5.74, 6) is -0.374. The molecule has 9 heteroatoms. The molecule has 0 saturated heterocycles. The number of nitrogens with one attached hydrogen (secondary N) is 3. The number of benzene rings is 1. The lowest BCUT2D eigenvalue weighted by Crippen LogP contribution is -2.49. The third kappa shape index (κ3) is 7.18. The number of aromatic nitrogens is 2. The number of hydrogen-bond acceptors (Lipinski definition) is 7. The summed E-state index contributed by atoms with van der Waals surface area (Å²) in [6.07, 6.45) is 0.994. The van der Waals surface area contributed by atoms with Gasteiger partial charge in [0.15, 0.2) is 4.34 Å². The number of nitrogens with zero attached hydrogens (tertiary/aromatic N) is 2. The zero-order valence-electron chi connectivity index (χ0n) is 16.1. The fourth-order valence-corrected chi connectivity index (χ4v) is 3.96. The third-order valence-corrected chi connectivity index (χ3v) is 5.41. The van der Waals surface area contributed by atoms with Crippen LogP contribution in [0.15, 0.2) is 28.6 Å². The molecule has 3 N–H and O–H groups in total. The van der Waals surface area contributed by atoms with Gasteiger partial charge in [-0.3, -0.25) is 10.1 Å². The number of carbonyl (C=O) groups excluding carboxylic acids is 2. The van der Waals surface area contributed by atoms with Crippen molar-refractivity contribution in [3.63, 3.8) is 0 Å². The summed E-state index contributed by atoms with van der Waals surface area (Å²) in [4.78, 5) is 23.9. The third-order valence-electron chi connectivity index (χ3n) is 3.39. The van der Waals surface area contributed by atoms with E-state index in [1.165, 1.54) is 28.7 Å². The number of anilines is 2. The Hall–Kier alpha value is -2.13. The topological polar surface area (TPSA) is 96.0 Å². The second kappa shape index (κ2) is 9.18. The van der Waals surface area contributed by atoms with Crippen molar-refractivity contribution >= 4 is 45.9 Å². The van der Waals surface area contributed by atoms with E-state index in [1.807, 2.05) is 32.9 Å². The fraction of sp³-hybridized carbons (Fsp3) is 0.444. The smallest absolute Gasteiger partial charge is 0.321 e. The Bertz CT molecular complexity index is 784. The van der Waals surface area contributed by atoms with Crippen LogP contribution in [0.2, 0.25) is 0 Å². The molecular formula is C18H25N5O2S2. The highest BCUT2D eigenvalue weighted by Gasteiger charge is 2.21. The molecule has 1 aromatic carbocycles. The summed E-state index contributed by atoms with van der Waals surface area (Å²) >= 11 is 2.62. The van der Waals surface area contributed by atoms with E-state index in [0.717, 1.165) is 12.1 Å². The van der Waals surface area contributed by atoms with E-state index >= 15 is 0 Å². The molecule has 1 aromatic heterocycles. The van der Waals surface area contributed by atoms with Crippen molar-refractivity contribution in [3.05, 3.63) is 29.8 Å². The van der Waals surface area contributed by atoms with Gasteiger partial charge >= 0.3 is 6.03 Å². The lowest BCUT2D eigenvalue weighted by Gasteiger charge is -2.20. The monoisotopic (exact) mass is 407 g/mol. The van der Waals surface area contributed by atoms with Crippen molar-refractivity contribution < 1.29 is 9.59 Å². The number of amides is 3. The first-order chi connectivity index (χ1) is 12.7. The lowest BCUT2D eigenvalue weighted by molar-refractivity contribution is -0.119. The van der Waals surface area contributed by atoms with Gasteiger partial charge in [0.1, 0.15) is 0 Å². The molecule has 1 heterocycles. The number of carbonyl (C=O) groups is 2. The Labute approximate surface area is 167 Å². The number of imide groups is 1. The maximum atomic E-state index is 12.1. The van der Waals surface area contributed by atoms with E-state index in [-0.39, 0.29) is 5.91 Å². The van der Waals surface area contributed by atoms with Crippen molar-refractivity contribution in [1.82, 2.24) is 20.8 Å². The number of urea groups is 1. The Morgan fingerprint density at radius 3 is 2.44 bits per heavy atom. The van der Waals surface area contributed by atoms with E-state index in [2.05, 4.69) is 45.2 Å². The Morgan fingerprint density at radius 2 is 1.85 bits per heavy atom. The second-order valence-electron chi connectivity index (χ2n) is 7.00. The lowest BCUT2D eigenvalue weighted by atomic mass is 10.1. The SMILES string of the molecule is CCc1ccc(Nc2nnc(S[C@H](C)C(=O)NC(=O)NC(C)(C)C)s2)cc1. The summed E-state index contributed by atoms with van der Waals surface area (Å²) in [6.45, 7) is 9.38. The zero-order valence-corrected chi connectivity index (χ0v) is 17.8. The maximum Gasteiger partial charge on any atom is 0.321 e. The quantitative estimate of drug-likeness (QED) is 0.628. The maximum absolute atomic E-state index is 12.1.